The summed E-state index contributed by atoms with van der Waals surface area (Å²) in [6, 6.07) is 7.63. The first-order valence-corrected chi connectivity index (χ1v) is 8.73. The molecule has 3 aromatic rings. The van der Waals surface area contributed by atoms with Gasteiger partial charge in [-0.1, -0.05) is 0 Å². The molecule has 8 heteroatoms. The van der Waals surface area contributed by atoms with E-state index in [-0.39, 0.29) is 5.75 Å². The molecule has 2 aromatic carbocycles. The Hall–Kier alpha value is -3.26. The predicted octanol–water partition coefficient (Wildman–Crippen LogP) is 3.54. The van der Waals surface area contributed by atoms with Gasteiger partial charge < -0.3 is 29.4 Å². The number of methoxy groups -OCH3 is 1. The van der Waals surface area contributed by atoms with E-state index in [0.29, 0.717) is 66.0 Å². The summed E-state index contributed by atoms with van der Waals surface area (Å²) in [5.41, 5.74) is 6.49. The highest BCUT2D eigenvalue weighted by molar-refractivity contribution is 5.95. The molecule has 0 atom stereocenters. The zero-order valence-corrected chi connectivity index (χ0v) is 15.2. The van der Waals surface area contributed by atoms with Crippen LogP contribution in [0.15, 0.2) is 36.5 Å². The fourth-order valence-electron chi connectivity index (χ4n) is 2.92. The van der Waals surface area contributed by atoms with Gasteiger partial charge in [0.25, 0.3) is 0 Å². The molecule has 0 bridgehead atoms. The quantitative estimate of drug-likeness (QED) is 0.512. The Balaban J connectivity index is 1.80. The Morgan fingerprint density at radius 1 is 1.04 bits per heavy atom. The maximum atomic E-state index is 14.2. The lowest BCUT2D eigenvalue weighted by molar-refractivity contribution is 0.134. The van der Waals surface area contributed by atoms with Crippen LogP contribution in [0.1, 0.15) is 0 Å². The number of fused-ring (bicyclic) bond motifs is 3. The van der Waals surface area contributed by atoms with Gasteiger partial charge in [0.2, 0.25) is 5.75 Å². The number of ether oxygens (including phenoxy) is 5. The van der Waals surface area contributed by atoms with Crippen molar-refractivity contribution in [3.8, 4) is 28.7 Å². The van der Waals surface area contributed by atoms with Crippen LogP contribution in [0.3, 0.4) is 0 Å². The van der Waals surface area contributed by atoms with Crippen molar-refractivity contribution in [2.24, 2.45) is 0 Å². The first kappa shape index (κ1) is 18.1. The van der Waals surface area contributed by atoms with E-state index in [9.17, 15) is 4.39 Å². The molecule has 146 valence electrons. The standard InChI is InChI=1S/C20H19FN2O5/c1-24-6-7-25-17-11-14-18(20-19(17)26-8-9-27-20)16(4-5-23-14)28-15-3-2-12(22)10-13(15)21/h2-5,10-11H,6-9,22H2,1H3. The van der Waals surface area contributed by atoms with Gasteiger partial charge >= 0.3 is 0 Å². The van der Waals surface area contributed by atoms with Crippen molar-refractivity contribution in [3.63, 3.8) is 0 Å². The second-order valence-electron chi connectivity index (χ2n) is 6.07. The fourth-order valence-corrected chi connectivity index (χ4v) is 2.92. The van der Waals surface area contributed by atoms with Crippen LogP contribution >= 0.6 is 0 Å². The molecule has 4 rings (SSSR count). The summed E-state index contributed by atoms with van der Waals surface area (Å²) in [6.07, 6.45) is 1.57. The van der Waals surface area contributed by atoms with E-state index in [2.05, 4.69) is 4.98 Å². The van der Waals surface area contributed by atoms with E-state index in [0.717, 1.165) is 0 Å². The molecular formula is C20H19FN2O5. The Morgan fingerprint density at radius 3 is 2.64 bits per heavy atom. The van der Waals surface area contributed by atoms with E-state index in [1.807, 2.05) is 0 Å². The van der Waals surface area contributed by atoms with Crippen LogP contribution in [0.4, 0.5) is 10.1 Å². The highest BCUT2D eigenvalue weighted by Crippen LogP contribution is 2.48. The zero-order valence-electron chi connectivity index (χ0n) is 15.2. The smallest absolute Gasteiger partial charge is 0.204 e. The fraction of sp³-hybridized carbons (Fsp3) is 0.250. The number of hydrogen-bond acceptors (Lipinski definition) is 7. The molecule has 2 N–H and O–H groups in total. The molecular weight excluding hydrogens is 367 g/mol. The number of rotatable bonds is 6. The molecule has 2 heterocycles. The van der Waals surface area contributed by atoms with Crippen molar-refractivity contribution >= 4 is 16.6 Å². The summed E-state index contributed by atoms with van der Waals surface area (Å²) in [7, 11) is 1.60. The number of hydrogen-bond donors (Lipinski definition) is 1. The number of halogens is 1. The molecule has 0 radical (unpaired) electrons. The van der Waals surface area contributed by atoms with Crippen molar-refractivity contribution in [2.75, 3.05) is 39.3 Å². The molecule has 0 unspecified atom stereocenters. The van der Waals surface area contributed by atoms with Gasteiger partial charge in [-0.3, -0.25) is 4.98 Å². The summed E-state index contributed by atoms with van der Waals surface area (Å²) < 4.78 is 42.4. The SMILES string of the molecule is COCCOc1cc2nccc(Oc3ccc(N)cc3F)c2c2c1OCCO2. The van der Waals surface area contributed by atoms with Crippen LogP contribution in [-0.2, 0) is 4.74 Å². The van der Waals surface area contributed by atoms with Crippen molar-refractivity contribution < 1.29 is 28.1 Å². The Morgan fingerprint density at radius 2 is 1.86 bits per heavy atom. The van der Waals surface area contributed by atoms with Crippen molar-refractivity contribution in [1.82, 2.24) is 4.98 Å². The summed E-state index contributed by atoms with van der Waals surface area (Å²) in [6.45, 7) is 1.54. The molecule has 1 aliphatic rings. The molecule has 0 spiro atoms. The molecule has 0 amide bonds. The van der Waals surface area contributed by atoms with E-state index in [4.69, 9.17) is 29.4 Å². The van der Waals surface area contributed by atoms with Crippen LogP contribution in [0.5, 0.6) is 28.7 Å². The monoisotopic (exact) mass is 386 g/mol. The first-order chi connectivity index (χ1) is 13.7. The summed E-state index contributed by atoms with van der Waals surface area (Å²) in [5, 5.41) is 0.576. The average molecular weight is 386 g/mol. The lowest BCUT2D eigenvalue weighted by Gasteiger charge is -2.23. The van der Waals surface area contributed by atoms with Crippen molar-refractivity contribution in [2.45, 2.75) is 0 Å². The third-order valence-corrected chi connectivity index (χ3v) is 4.16. The minimum absolute atomic E-state index is 0.0487. The number of benzene rings is 2. The lowest BCUT2D eigenvalue weighted by Crippen LogP contribution is -2.17. The van der Waals surface area contributed by atoms with Crippen LogP contribution in [0.2, 0.25) is 0 Å². The number of aromatic nitrogens is 1. The molecule has 7 nitrogen and oxygen atoms in total. The molecule has 0 saturated carbocycles. The van der Waals surface area contributed by atoms with E-state index >= 15 is 0 Å². The Labute approximate surface area is 160 Å². The summed E-state index contributed by atoms with van der Waals surface area (Å²) in [5.74, 6) is 1.30. The normalized spacial score (nSPS) is 12.8. The van der Waals surface area contributed by atoms with Gasteiger partial charge in [0.05, 0.1) is 17.5 Å². The second-order valence-corrected chi connectivity index (χ2v) is 6.07. The lowest BCUT2D eigenvalue weighted by atomic mass is 10.1. The van der Waals surface area contributed by atoms with Crippen molar-refractivity contribution in [3.05, 3.63) is 42.3 Å². The Kier molecular flexibility index (Phi) is 5.03. The minimum Gasteiger partial charge on any atom is -0.487 e. The molecule has 0 saturated heterocycles. The minimum atomic E-state index is -0.560. The van der Waals surface area contributed by atoms with E-state index < -0.39 is 5.82 Å². The second kappa shape index (κ2) is 7.77. The van der Waals surface area contributed by atoms with Crippen molar-refractivity contribution in [1.29, 1.82) is 0 Å². The average Bonchev–Trinajstić information content (AvgIpc) is 2.70. The molecule has 0 fully saturated rings. The highest BCUT2D eigenvalue weighted by Gasteiger charge is 2.25. The third kappa shape index (κ3) is 3.46. The van der Waals surface area contributed by atoms with Crippen LogP contribution in [0, 0.1) is 5.82 Å². The molecule has 1 aromatic heterocycles. The maximum absolute atomic E-state index is 14.2. The van der Waals surface area contributed by atoms with E-state index in [1.165, 1.54) is 12.1 Å². The number of pyridine rings is 1. The Bertz CT molecular complexity index is 1010. The molecule has 1 aliphatic heterocycles. The summed E-state index contributed by atoms with van der Waals surface area (Å²) >= 11 is 0. The van der Waals surface area contributed by atoms with Gasteiger partial charge in [-0.25, -0.2) is 4.39 Å². The zero-order chi connectivity index (χ0) is 19.5. The third-order valence-electron chi connectivity index (χ3n) is 4.16. The molecule has 28 heavy (non-hydrogen) atoms. The van der Waals surface area contributed by atoms with Gasteiger partial charge in [0.1, 0.15) is 25.6 Å². The first-order valence-electron chi connectivity index (χ1n) is 8.73. The van der Waals surface area contributed by atoms with Crippen LogP contribution in [-0.4, -0.2) is 38.5 Å². The van der Waals surface area contributed by atoms with E-state index in [1.54, 1.807) is 31.5 Å². The van der Waals surface area contributed by atoms with Gasteiger partial charge in [-0.15, -0.1) is 0 Å². The maximum Gasteiger partial charge on any atom is 0.204 e. The predicted molar refractivity (Wildman–Crippen MR) is 101 cm³/mol. The van der Waals surface area contributed by atoms with Crippen LogP contribution < -0.4 is 24.7 Å². The van der Waals surface area contributed by atoms with Gasteiger partial charge in [-0.05, 0) is 18.2 Å². The number of nitrogens with zero attached hydrogens (tertiary/aromatic N) is 1. The highest BCUT2D eigenvalue weighted by atomic mass is 19.1. The number of anilines is 1. The summed E-state index contributed by atoms with van der Waals surface area (Å²) in [4.78, 5) is 4.38. The van der Waals surface area contributed by atoms with Gasteiger partial charge in [0, 0.05) is 31.1 Å². The van der Waals surface area contributed by atoms with Gasteiger partial charge in [0.15, 0.2) is 23.1 Å². The largest absolute Gasteiger partial charge is 0.487 e. The number of nitrogen functional groups attached to an aromatic ring is 1. The topological polar surface area (TPSA) is 85.1 Å². The van der Waals surface area contributed by atoms with Crippen LogP contribution in [0.25, 0.3) is 10.9 Å². The number of nitrogens with two attached hydrogens (primary N) is 1. The molecule has 0 aliphatic carbocycles. The van der Waals surface area contributed by atoms with Gasteiger partial charge in [-0.2, -0.15) is 0 Å².